The van der Waals surface area contributed by atoms with Crippen molar-refractivity contribution in [3.8, 4) is 0 Å². The summed E-state index contributed by atoms with van der Waals surface area (Å²) in [5.74, 6) is -0.919. The average Bonchev–Trinajstić information content (AvgIpc) is 2.49. The van der Waals surface area contributed by atoms with Crippen molar-refractivity contribution in [2.75, 3.05) is 0 Å². The molecule has 0 atom stereocenters. The minimum atomic E-state index is -0.919. The fraction of sp³-hybridized carbons (Fsp3) is 0.111. The fourth-order valence-electron chi connectivity index (χ4n) is 1.25. The molecule has 1 aliphatic rings. The third-order valence-corrected chi connectivity index (χ3v) is 1.86. The highest BCUT2D eigenvalue weighted by atomic mass is 16.4. The Hall–Kier alpha value is -1.64. The van der Waals surface area contributed by atoms with Crippen LogP contribution in [0.3, 0.4) is 0 Å². The van der Waals surface area contributed by atoms with Crippen LogP contribution in [0.4, 0.5) is 0 Å². The summed E-state index contributed by atoms with van der Waals surface area (Å²) in [5.41, 5.74) is 2.15. The number of carboxylic acids is 1. The first-order valence-corrected chi connectivity index (χ1v) is 3.66. The van der Waals surface area contributed by atoms with Crippen LogP contribution in [0.25, 0.3) is 6.08 Å². The van der Waals surface area contributed by atoms with Gasteiger partial charge < -0.3 is 5.11 Å². The van der Waals surface area contributed by atoms with Crippen molar-refractivity contribution in [3.63, 3.8) is 0 Å². The summed E-state index contributed by atoms with van der Waals surface area (Å²) >= 11 is 0. The Morgan fingerprint density at radius 2 is 2.42 bits per heavy atom. The normalized spacial score (nSPS) is 13.0. The summed E-state index contributed by atoms with van der Waals surface area (Å²) in [6.45, 7) is 0. The van der Waals surface area contributed by atoms with E-state index in [4.69, 9.17) is 5.11 Å². The zero-order valence-corrected chi connectivity index (χ0v) is 6.32. The van der Waals surface area contributed by atoms with Gasteiger partial charge in [0.2, 0.25) is 0 Å². The number of rotatable bonds is 1. The van der Waals surface area contributed by atoms with Crippen LogP contribution in [-0.2, 0) is 6.42 Å². The second kappa shape index (κ2) is 2.44. The van der Waals surface area contributed by atoms with E-state index in [2.05, 4.69) is 4.98 Å². The van der Waals surface area contributed by atoms with Gasteiger partial charge in [0.05, 0.1) is 11.3 Å². The molecular weight excluding hydrogens is 154 g/mol. The van der Waals surface area contributed by atoms with Gasteiger partial charge in [-0.25, -0.2) is 4.79 Å². The maximum Gasteiger partial charge on any atom is 0.337 e. The Kier molecular flexibility index (Phi) is 1.43. The van der Waals surface area contributed by atoms with Gasteiger partial charge in [0.25, 0.3) is 0 Å². The van der Waals surface area contributed by atoms with Gasteiger partial charge in [-0.05, 0) is 24.1 Å². The van der Waals surface area contributed by atoms with E-state index in [-0.39, 0.29) is 5.56 Å². The Bertz CT molecular complexity index is 369. The molecule has 3 heteroatoms. The Labute approximate surface area is 69.4 Å². The number of hydrogen-bond acceptors (Lipinski definition) is 2. The molecule has 0 unspecified atom stereocenters. The summed E-state index contributed by atoms with van der Waals surface area (Å²) < 4.78 is 0. The molecule has 0 saturated carbocycles. The van der Waals surface area contributed by atoms with Gasteiger partial charge in [-0.3, -0.25) is 4.98 Å². The summed E-state index contributed by atoms with van der Waals surface area (Å²) in [4.78, 5) is 14.6. The number of aromatic carboxylic acids is 1. The minimum Gasteiger partial charge on any atom is -0.478 e. The van der Waals surface area contributed by atoms with E-state index in [1.807, 2.05) is 12.2 Å². The SMILES string of the molecule is O=C(O)c1cnc2c(c1)CC=C2. The van der Waals surface area contributed by atoms with Crippen LogP contribution < -0.4 is 0 Å². The highest BCUT2D eigenvalue weighted by molar-refractivity contribution is 5.87. The first-order valence-electron chi connectivity index (χ1n) is 3.66. The smallest absolute Gasteiger partial charge is 0.337 e. The molecule has 0 aliphatic heterocycles. The third-order valence-electron chi connectivity index (χ3n) is 1.86. The summed E-state index contributed by atoms with van der Waals surface area (Å²) in [6.07, 6.45) is 6.06. The van der Waals surface area contributed by atoms with Gasteiger partial charge in [-0.15, -0.1) is 0 Å². The van der Waals surface area contributed by atoms with E-state index >= 15 is 0 Å². The lowest BCUT2D eigenvalue weighted by molar-refractivity contribution is 0.0696. The third kappa shape index (κ3) is 0.993. The maximum absolute atomic E-state index is 10.5. The molecule has 0 aromatic carbocycles. The predicted octanol–water partition coefficient (Wildman–Crippen LogP) is 1.35. The summed E-state index contributed by atoms with van der Waals surface area (Å²) in [6, 6.07) is 1.67. The second-order valence-electron chi connectivity index (χ2n) is 2.68. The van der Waals surface area contributed by atoms with Gasteiger partial charge in [0.15, 0.2) is 0 Å². The average molecular weight is 161 g/mol. The number of nitrogens with zero attached hydrogens (tertiary/aromatic N) is 1. The number of allylic oxidation sites excluding steroid dienone is 1. The number of hydrogen-bond donors (Lipinski definition) is 1. The van der Waals surface area contributed by atoms with Crippen molar-refractivity contribution in [2.24, 2.45) is 0 Å². The zero-order valence-electron chi connectivity index (χ0n) is 6.32. The molecule has 1 aliphatic carbocycles. The van der Waals surface area contributed by atoms with Crippen molar-refractivity contribution in [1.29, 1.82) is 0 Å². The predicted molar refractivity (Wildman–Crippen MR) is 43.9 cm³/mol. The molecule has 60 valence electrons. The number of fused-ring (bicyclic) bond motifs is 1. The fourth-order valence-corrected chi connectivity index (χ4v) is 1.25. The van der Waals surface area contributed by atoms with Gasteiger partial charge in [-0.1, -0.05) is 6.08 Å². The largest absolute Gasteiger partial charge is 0.478 e. The Morgan fingerprint density at radius 1 is 1.58 bits per heavy atom. The van der Waals surface area contributed by atoms with Crippen LogP contribution in [0.15, 0.2) is 18.3 Å². The molecule has 1 N–H and O–H groups in total. The quantitative estimate of drug-likeness (QED) is 0.676. The monoisotopic (exact) mass is 161 g/mol. The molecule has 0 radical (unpaired) electrons. The van der Waals surface area contributed by atoms with Gasteiger partial charge in [-0.2, -0.15) is 0 Å². The molecule has 0 amide bonds. The topological polar surface area (TPSA) is 50.2 Å². The van der Waals surface area contributed by atoms with Crippen molar-refractivity contribution >= 4 is 12.0 Å². The van der Waals surface area contributed by atoms with Gasteiger partial charge in [0, 0.05) is 6.20 Å². The van der Waals surface area contributed by atoms with Crippen LogP contribution in [0, 0.1) is 0 Å². The second-order valence-corrected chi connectivity index (χ2v) is 2.68. The van der Waals surface area contributed by atoms with E-state index in [0.29, 0.717) is 0 Å². The van der Waals surface area contributed by atoms with Crippen molar-refractivity contribution in [2.45, 2.75) is 6.42 Å². The van der Waals surface area contributed by atoms with Gasteiger partial charge >= 0.3 is 5.97 Å². The Balaban J connectivity index is 2.49. The minimum absolute atomic E-state index is 0.262. The molecule has 0 fully saturated rings. The Morgan fingerprint density at radius 3 is 3.17 bits per heavy atom. The van der Waals surface area contributed by atoms with Crippen LogP contribution >= 0.6 is 0 Å². The molecule has 2 rings (SSSR count). The van der Waals surface area contributed by atoms with E-state index in [1.54, 1.807) is 6.07 Å². The molecule has 0 bridgehead atoms. The number of carbonyl (C=O) groups is 1. The molecular formula is C9H7NO2. The molecule has 0 saturated heterocycles. The number of pyridine rings is 1. The molecule has 12 heavy (non-hydrogen) atoms. The molecule has 1 aromatic heterocycles. The zero-order chi connectivity index (χ0) is 8.55. The molecule has 0 spiro atoms. The number of carboxylic acid groups (broad SMARTS) is 1. The number of aromatic nitrogens is 1. The van der Waals surface area contributed by atoms with Crippen molar-refractivity contribution < 1.29 is 9.90 Å². The highest BCUT2D eigenvalue weighted by Gasteiger charge is 2.10. The van der Waals surface area contributed by atoms with Crippen molar-refractivity contribution in [1.82, 2.24) is 4.98 Å². The summed E-state index contributed by atoms with van der Waals surface area (Å²) in [7, 11) is 0. The lowest BCUT2D eigenvalue weighted by Crippen LogP contribution is -1.99. The van der Waals surface area contributed by atoms with Crippen molar-refractivity contribution in [3.05, 3.63) is 35.2 Å². The first-order chi connectivity index (χ1) is 5.77. The van der Waals surface area contributed by atoms with Crippen LogP contribution in [0.2, 0.25) is 0 Å². The van der Waals surface area contributed by atoms with Crippen LogP contribution in [-0.4, -0.2) is 16.1 Å². The first kappa shape index (κ1) is 7.03. The van der Waals surface area contributed by atoms with Gasteiger partial charge in [0.1, 0.15) is 0 Å². The molecule has 1 heterocycles. The van der Waals surface area contributed by atoms with E-state index in [0.717, 1.165) is 17.7 Å². The lowest BCUT2D eigenvalue weighted by Gasteiger charge is -1.98. The van der Waals surface area contributed by atoms with E-state index < -0.39 is 5.97 Å². The van der Waals surface area contributed by atoms with Crippen LogP contribution in [0.1, 0.15) is 21.6 Å². The maximum atomic E-state index is 10.5. The molecule has 1 aromatic rings. The highest BCUT2D eigenvalue weighted by Crippen LogP contribution is 2.17. The lowest BCUT2D eigenvalue weighted by atomic mass is 10.1. The molecule has 3 nitrogen and oxygen atoms in total. The summed E-state index contributed by atoms with van der Waals surface area (Å²) in [5, 5.41) is 8.66. The van der Waals surface area contributed by atoms with E-state index in [9.17, 15) is 4.79 Å². The van der Waals surface area contributed by atoms with E-state index in [1.165, 1.54) is 6.20 Å². The standard InChI is InChI=1S/C9H7NO2/c11-9(12)7-4-6-2-1-3-8(6)10-5-7/h1,3-5H,2H2,(H,11,12). The van der Waals surface area contributed by atoms with Crippen LogP contribution in [0.5, 0.6) is 0 Å².